The molecule has 0 spiro atoms. The van der Waals surface area contributed by atoms with Gasteiger partial charge in [0.1, 0.15) is 42.9 Å². The number of carbonyl (C=O) groups excluding carboxylic acids is 3. The molecule has 0 bridgehead atoms. The minimum atomic E-state index is -2.50. The maximum Gasteiger partial charge on any atom is 0.338 e. The summed E-state index contributed by atoms with van der Waals surface area (Å²) in [6.07, 6.45) is -2.51. The van der Waals surface area contributed by atoms with Crippen LogP contribution in [0.4, 0.5) is 0 Å². The minimum Gasteiger partial charge on any atom is -0.458 e. The third-order valence-corrected chi connectivity index (χ3v) is 30.9. The highest BCUT2D eigenvalue weighted by atomic mass is 127. The second kappa shape index (κ2) is 27.1. The smallest absolute Gasteiger partial charge is 0.338 e. The molecule has 14 nitrogen and oxygen atoms in total. The molecule has 3 heterocycles. The van der Waals surface area contributed by atoms with Crippen LogP contribution in [0.15, 0.2) is 70.8 Å². The van der Waals surface area contributed by atoms with Crippen molar-refractivity contribution < 1.29 is 65.6 Å². The van der Waals surface area contributed by atoms with Gasteiger partial charge in [0.2, 0.25) is 0 Å². The standard InChI is InChI=1S/C58H93IO14Si3/c1-56(2,3)74(13,14)71-45(31-32-59)51-53(73-76(17,18)58(7,8)9)52(72-75(15,16)57(4,5)6)50-44(70-51)30-29-41(67-50)33-40(60)34-43-46(36-48(63-10)64-11)69-47(49(43)65-12)35-42(68-55(62)39-27-23-20-24-28-39)37-66-54(61)38-25-21-19-22-26-38/h19-28,31-32,41-53H,29-30,33-37H2,1-18H3/b32-31+/t41-,42-,43+,44+,45+,46+,47-,49-,50+,51+,52+,53-/m1/s1. The third-order valence-electron chi connectivity index (χ3n) is 17.0. The fourth-order valence-corrected chi connectivity index (χ4v) is 13.8. The molecule has 2 aromatic rings. The van der Waals surface area contributed by atoms with Gasteiger partial charge in [-0.15, -0.1) is 0 Å². The van der Waals surface area contributed by atoms with E-state index >= 15 is 0 Å². The van der Waals surface area contributed by atoms with E-state index in [9.17, 15) is 14.4 Å². The van der Waals surface area contributed by atoms with Gasteiger partial charge in [-0.2, -0.15) is 0 Å². The number of halogens is 1. The Bertz CT molecular complexity index is 2190. The van der Waals surface area contributed by atoms with Crippen molar-refractivity contribution in [3.63, 3.8) is 0 Å². The van der Waals surface area contributed by atoms with Crippen LogP contribution in [0.1, 0.15) is 122 Å². The van der Waals surface area contributed by atoms with E-state index in [-0.39, 0.29) is 52.9 Å². The third kappa shape index (κ3) is 16.7. The number of methoxy groups -OCH3 is 3. The van der Waals surface area contributed by atoms with E-state index in [0.717, 1.165) is 0 Å². The zero-order valence-corrected chi connectivity index (χ0v) is 54.1. The number of hydrogen-bond donors (Lipinski definition) is 0. The number of Topliss-reactive ketones (excluding diaryl/α,β-unsaturated/α-hetero) is 1. The SMILES string of the molecule is COC(C[C@@H]1O[C@H](C[C@H](COC(=O)c2ccccc2)OC(=O)c2ccccc2)[C@H](OC)[C@H]1CC(=O)C[C@H]1CC[C@@H]2O[C@@H]([C@H](/C=C/I)O[Si](C)(C)C(C)(C)C)[C@@H](O[Si](C)(C)C(C)(C)C)[C@@H](O[Si](C)(C)C(C)(C)C)[C@H]2O1)OC. The number of esters is 2. The largest absolute Gasteiger partial charge is 0.458 e. The Kier molecular flexibility index (Phi) is 23.0. The quantitative estimate of drug-likeness (QED) is 0.0424. The molecule has 3 aliphatic rings. The van der Waals surface area contributed by atoms with Gasteiger partial charge in [0.25, 0.3) is 0 Å². The van der Waals surface area contributed by atoms with E-state index < -0.39 is 110 Å². The maximum atomic E-state index is 14.8. The Morgan fingerprint density at radius 1 is 0.658 bits per heavy atom. The number of ketones is 1. The zero-order valence-electron chi connectivity index (χ0n) is 49.0. The summed E-state index contributed by atoms with van der Waals surface area (Å²) in [6, 6.07) is 17.3. The van der Waals surface area contributed by atoms with Gasteiger partial charge in [-0.25, -0.2) is 9.59 Å². The van der Waals surface area contributed by atoms with E-state index in [1.807, 2.05) is 16.2 Å². The van der Waals surface area contributed by atoms with Gasteiger partial charge in [-0.3, -0.25) is 4.79 Å². The number of carbonyl (C=O) groups is 3. The van der Waals surface area contributed by atoms with Crippen LogP contribution in [0.5, 0.6) is 0 Å². The lowest BCUT2D eigenvalue weighted by atomic mass is 9.85. The normalized spacial score (nSPS) is 26.8. The molecular formula is C58H93IO14Si3. The summed E-state index contributed by atoms with van der Waals surface area (Å²) < 4.78 is 75.2. The topological polar surface area (TPSA) is 153 Å². The molecule has 3 aliphatic heterocycles. The molecule has 0 unspecified atom stereocenters. The summed E-state index contributed by atoms with van der Waals surface area (Å²) in [5.41, 5.74) is 0.717. The summed E-state index contributed by atoms with van der Waals surface area (Å²) in [5, 5.41) is -0.300. The van der Waals surface area contributed by atoms with Crippen molar-refractivity contribution in [1.29, 1.82) is 0 Å². The molecule has 0 amide bonds. The monoisotopic (exact) mass is 1220 g/mol. The first-order valence-electron chi connectivity index (χ1n) is 27.2. The van der Waals surface area contributed by atoms with Crippen LogP contribution in [0.25, 0.3) is 0 Å². The van der Waals surface area contributed by atoms with E-state index in [2.05, 4.69) is 130 Å². The zero-order chi connectivity index (χ0) is 56.6. The lowest BCUT2D eigenvalue weighted by molar-refractivity contribution is -0.266. The molecule has 0 aromatic heterocycles. The van der Waals surface area contributed by atoms with Crippen LogP contribution >= 0.6 is 22.6 Å². The Morgan fingerprint density at radius 2 is 1.20 bits per heavy atom. The molecule has 18 heteroatoms. The van der Waals surface area contributed by atoms with Crippen LogP contribution < -0.4 is 0 Å². The molecule has 76 heavy (non-hydrogen) atoms. The molecule has 3 saturated heterocycles. The van der Waals surface area contributed by atoms with Crippen LogP contribution in [0, 0.1) is 5.92 Å². The second-order valence-electron chi connectivity index (χ2n) is 25.5. The molecule has 0 saturated carbocycles. The Morgan fingerprint density at radius 3 is 1.71 bits per heavy atom. The van der Waals surface area contributed by atoms with Gasteiger partial charge in [-0.1, -0.05) is 121 Å². The maximum absolute atomic E-state index is 14.8. The molecular weight excluding hydrogens is 1130 g/mol. The highest BCUT2D eigenvalue weighted by Gasteiger charge is 2.58. The first-order chi connectivity index (χ1) is 35.4. The summed E-state index contributed by atoms with van der Waals surface area (Å²) in [6.45, 7) is 33.7. The summed E-state index contributed by atoms with van der Waals surface area (Å²) in [4.78, 5) is 41.4. The van der Waals surface area contributed by atoms with Crippen LogP contribution in [-0.4, -0.2) is 144 Å². The average molecular weight is 1230 g/mol. The van der Waals surface area contributed by atoms with Crippen LogP contribution in [0.2, 0.25) is 54.4 Å². The number of rotatable bonds is 24. The Hall–Kier alpha value is -2.19. The van der Waals surface area contributed by atoms with Crippen molar-refractivity contribution in [2.45, 2.75) is 229 Å². The van der Waals surface area contributed by atoms with E-state index in [0.29, 0.717) is 30.4 Å². The van der Waals surface area contributed by atoms with Gasteiger partial charge in [-0.05, 0) is 102 Å². The van der Waals surface area contributed by atoms with Gasteiger partial charge >= 0.3 is 11.9 Å². The number of benzene rings is 2. The molecule has 2 aromatic carbocycles. The summed E-state index contributed by atoms with van der Waals surface area (Å²) >= 11 is 2.28. The van der Waals surface area contributed by atoms with Crippen LogP contribution in [-0.2, 0) is 56.0 Å². The molecule has 5 rings (SSSR count). The predicted molar refractivity (Wildman–Crippen MR) is 313 cm³/mol. The number of ether oxygens (including phenoxy) is 8. The second-order valence-corrected chi connectivity index (χ2v) is 40.5. The minimum absolute atomic E-state index is 0.0134. The van der Waals surface area contributed by atoms with E-state index in [1.54, 1.807) is 69.9 Å². The van der Waals surface area contributed by atoms with Crippen molar-refractivity contribution in [2.75, 3.05) is 27.9 Å². The molecule has 0 aliphatic carbocycles. The number of hydrogen-bond acceptors (Lipinski definition) is 14. The summed E-state index contributed by atoms with van der Waals surface area (Å²) in [7, 11) is -2.61. The van der Waals surface area contributed by atoms with E-state index in [4.69, 9.17) is 51.2 Å². The van der Waals surface area contributed by atoms with Crippen molar-refractivity contribution in [3.05, 3.63) is 81.9 Å². The van der Waals surface area contributed by atoms with Crippen molar-refractivity contribution in [1.82, 2.24) is 0 Å². The van der Waals surface area contributed by atoms with E-state index in [1.165, 1.54) is 0 Å². The first-order valence-corrected chi connectivity index (χ1v) is 37.2. The Balaban J connectivity index is 1.45. The lowest BCUT2D eigenvalue weighted by Gasteiger charge is -2.56. The molecule has 12 atom stereocenters. The van der Waals surface area contributed by atoms with Crippen molar-refractivity contribution in [3.8, 4) is 0 Å². The molecule has 3 fully saturated rings. The van der Waals surface area contributed by atoms with Crippen molar-refractivity contribution >= 4 is 65.3 Å². The molecule has 428 valence electrons. The average Bonchev–Trinajstić information content (AvgIpc) is 3.65. The predicted octanol–water partition coefficient (Wildman–Crippen LogP) is 12.7. The van der Waals surface area contributed by atoms with Gasteiger partial charge < -0.3 is 51.2 Å². The lowest BCUT2D eigenvalue weighted by Crippen LogP contribution is -2.69. The van der Waals surface area contributed by atoms with Gasteiger partial charge in [0.15, 0.2) is 31.2 Å². The highest BCUT2D eigenvalue weighted by Crippen LogP contribution is 2.48. The summed E-state index contributed by atoms with van der Waals surface area (Å²) in [5.74, 6) is -1.58. The molecule has 0 radical (unpaired) electrons. The fraction of sp³-hybridized carbons (Fsp3) is 0.707. The highest BCUT2D eigenvalue weighted by molar-refractivity contribution is 14.1. The van der Waals surface area contributed by atoms with Crippen molar-refractivity contribution in [2.24, 2.45) is 5.92 Å². The number of fused-ring (bicyclic) bond motifs is 1. The van der Waals surface area contributed by atoms with Gasteiger partial charge in [0.05, 0.1) is 47.8 Å². The van der Waals surface area contributed by atoms with Crippen LogP contribution in [0.3, 0.4) is 0 Å². The first kappa shape index (κ1) is 64.6. The Labute approximate surface area is 472 Å². The van der Waals surface area contributed by atoms with Gasteiger partial charge in [0, 0.05) is 52.9 Å². The molecule has 0 N–H and O–H groups in total. The fourth-order valence-electron chi connectivity index (χ4n) is 9.49.